The fourth-order valence-corrected chi connectivity index (χ4v) is 2.82. The molecule has 1 aliphatic rings. The smallest absolute Gasteiger partial charge is 0.280 e. The van der Waals surface area contributed by atoms with Crippen LogP contribution in [-0.2, 0) is 6.54 Å². The van der Waals surface area contributed by atoms with Gasteiger partial charge in [0.25, 0.3) is 6.43 Å². The Morgan fingerprint density at radius 1 is 1.00 bits per heavy atom. The number of pyridine rings is 2. The Morgan fingerprint density at radius 3 is 2.79 bits per heavy atom. The van der Waals surface area contributed by atoms with Gasteiger partial charge in [-0.1, -0.05) is 24.3 Å². The number of benzene rings is 1. The van der Waals surface area contributed by atoms with Gasteiger partial charge in [0.2, 0.25) is 0 Å². The lowest BCUT2D eigenvalue weighted by molar-refractivity contribution is 0.146. The van der Waals surface area contributed by atoms with Crippen LogP contribution in [0.1, 0.15) is 23.2 Å². The van der Waals surface area contributed by atoms with Crippen LogP contribution in [0.2, 0.25) is 0 Å². The number of fused-ring (bicyclic) bond motifs is 1. The van der Waals surface area contributed by atoms with Gasteiger partial charge in [0.05, 0.1) is 17.9 Å². The number of halogens is 2. The van der Waals surface area contributed by atoms with E-state index < -0.39 is 6.43 Å². The van der Waals surface area contributed by atoms with E-state index in [2.05, 4.69) is 15.0 Å². The Balaban J connectivity index is 1.84. The first-order valence-electron chi connectivity index (χ1n) is 7.56. The third-order valence-corrected chi connectivity index (χ3v) is 3.99. The number of hydrogen-bond acceptors (Lipinski definition) is 3. The standard InChI is InChI=1S/C19H13F2N3/c20-19(21)17-5-1-4-16(24-17)18-15(3-2-8-23-18)12-6-7-13-10-22-11-14(13)9-12/h1-9,11,19H,10H2. The Morgan fingerprint density at radius 2 is 1.92 bits per heavy atom. The van der Waals surface area contributed by atoms with Crippen molar-refractivity contribution in [3.8, 4) is 22.5 Å². The van der Waals surface area contributed by atoms with Crippen LogP contribution in [0.15, 0.2) is 59.7 Å². The SMILES string of the molecule is FC(F)c1cccc(-c2ncccc2-c2ccc3c(c2)C=NC3)n1. The third kappa shape index (κ3) is 2.58. The summed E-state index contributed by atoms with van der Waals surface area (Å²) in [7, 11) is 0. The summed E-state index contributed by atoms with van der Waals surface area (Å²) in [6, 6.07) is 14.4. The highest BCUT2D eigenvalue weighted by molar-refractivity contribution is 5.88. The molecule has 0 N–H and O–H groups in total. The molecular formula is C19H13F2N3. The van der Waals surface area contributed by atoms with Crippen molar-refractivity contribution < 1.29 is 8.78 Å². The Hall–Kier alpha value is -2.95. The molecule has 3 heterocycles. The molecule has 3 aromatic rings. The lowest BCUT2D eigenvalue weighted by Gasteiger charge is -2.10. The number of hydrogen-bond donors (Lipinski definition) is 0. The van der Waals surface area contributed by atoms with Crippen molar-refractivity contribution in [3.63, 3.8) is 0 Å². The van der Waals surface area contributed by atoms with Crippen molar-refractivity contribution in [2.24, 2.45) is 4.99 Å². The van der Waals surface area contributed by atoms with Gasteiger partial charge < -0.3 is 0 Å². The van der Waals surface area contributed by atoms with Crippen LogP contribution < -0.4 is 0 Å². The van der Waals surface area contributed by atoms with E-state index in [9.17, 15) is 8.78 Å². The van der Waals surface area contributed by atoms with E-state index in [4.69, 9.17) is 0 Å². The zero-order valence-electron chi connectivity index (χ0n) is 12.7. The van der Waals surface area contributed by atoms with Crippen LogP contribution in [0, 0.1) is 0 Å². The van der Waals surface area contributed by atoms with Crippen molar-refractivity contribution in [1.29, 1.82) is 0 Å². The van der Waals surface area contributed by atoms with E-state index in [0.29, 0.717) is 17.9 Å². The minimum atomic E-state index is -2.60. The molecule has 0 spiro atoms. The molecule has 0 unspecified atom stereocenters. The maximum Gasteiger partial charge on any atom is 0.280 e. The van der Waals surface area contributed by atoms with E-state index >= 15 is 0 Å². The van der Waals surface area contributed by atoms with Gasteiger partial charge in [-0.15, -0.1) is 0 Å². The molecule has 0 amide bonds. The lowest BCUT2D eigenvalue weighted by Crippen LogP contribution is -1.96. The second-order valence-corrected chi connectivity index (χ2v) is 5.53. The largest absolute Gasteiger partial charge is 0.288 e. The van der Waals surface area contributed by atoms with E-state index in [1.54, 1.807) is 18.3 Å². The molecule has 0 saturated heterocycles. The molecule has 118 valence electrons. The van der Waals surface area contributed by atoms with Gasteiger partial charge in [0, 0.05) is 18.0 Å². The summed E-state index contributed by atoms with van der Waals surface area (Å²) in [4.78, 5) is 12.7. The van der Waals surface area contributed by atoms with Crippen LogP contribution in [0.3, 0.4) is 0 Å². The first-order chi connectivity index (χ1) is 11.7. The van der Waals surface area contributed by atoms with Gasteiger partial charge in [0.15, 0.2) is 0 Å². The van der Waals surface area contributed by atoms with Gasteiger partial charge in [-0.05, 0) is 41.0 Å². The molecule has 3 nitrogen and oxygen atoms in total. The zero-order valence-corrected chi connectivity index (χ0v) is 12.7. The molecule has 4 rings (SSSR count). The molecule has 0 atom stereocenters. The van der Waals surface area contributed by atoms with Crippen molar-refractivity contribution in [2.45, 2.75) is 13.0 Å². The monoisotopic (exact) mass is 321 g/mol. The third-order valence-electron chi connectivity index (χ3n) is 3.99. The van der Waals surface area contributed by atoms with Crippen LogP contribution in [0.25, 0.3) is 22.5 Å². The van der Waals surface area contributed by atoms with Crippen LogP contribution in [-0.4, -0.2) is 16.2 Å². The number of nitrogens with zero attached hydrogens (tertiary/aromatic N) is 3. The second-order valence-electron chi connectivity index (χ2n) is 5.53. The predicted octanol–water partition coefficient (Wildman–Crippen LogP) is 4.68. The Kier molecular flexibility index (Phi) is 3.61. The number of rotatable bonds is 3. The molecule has 0 fully saturated rings. The molecule has 1 aromatic carbocycles. The average Bonchev–Trinajstić information content (AvgIpc) is 3.09. The second kappa shape index (κ2) is 5.92. The lowest BCUT2D eigenvalue weighted by atomic mass is 9.98. The summed E-state index contributed by atoms with van der Waals surface area (Å²) in [6.07, 6.45) is 0.892. The first-order valence-corrected chi connectivity index (χ1v) is 7.56. The van der Waals surface area contributed by atoms with E-state index in [0.717, 1.165) is 16.7 Å². The van der Waals surface area contributed by atoms with Crippen molar-refractivity contribution in [3.05, 3.63) is 71.5 Å². The van der Waals surface area contributed by atoms with Crippen LogP contribution >= 0.6 is 0 Å². The van der Waals surface area contributed by atoms with E-state index in [1.807, 2.05) is 36.5 Å². The van der Waals surface area contributed by atoms with Crippen molar-refractivity contribution in [1.82, 2.24) is 9.97 Å². The van der Waals surface area contributed by atoms with Gasteiger partial charge in [-0.3, -0.25) is 9.98 Å². The molecule has 0 saturated carbocycles. The summed E-state index contributed by atoms with van der Waals surface area (Å²) in [6.45, 7) is 0.702. The number of aliphatic imine (C=N–C) groups is 1. The predicted molar refractivity (Wildman–Crippen MR) is 89.2 cm³/mol. The first kappa shape index (κ1) is 14.6. The zero-order chi connectivity index (χ0) is 16.5. The maximum atomic E-state index is 12.9. The normalized spacial score (nSPS) is 12.6. The highest BCUT2D eigenvalue weighted by atomic mass is 19.3. The fourth-order valence-electron chi connectivity index (χ4n) is 2.82. The average molecular weight is 321 g/mol. The number of alkyl halides is 2. The summed E-state index contributed by atoms with van der Waals surface area (Å²) in [5.41, 5.74) is 4.88. The highest BCUT2D eigenvalue weighted by Crippen LogP contribution is 2.32. The minimum Gasteiger partial charge on any atom is -0.288 e. The summed E-state index contributed by atoms with van der Waals surface area (Å²) >= 11 is 0. The van der Waals surface area contributed by atoms with Crippen LogP contribution in [0.5, 0.6) is 0 Å². The molecule has 24 heavy (non-hydrogen) atoms. The Labute approximate surface area is 137 Å². The molecule has 0 bridgehead atoms. The summed E-state index contributed by atoms with van der Waals surface area (Å²) < 4.78 is 25.9. The highest BCUT2D eigenvalue weighted by Gasteiger charge is 2.15. The van der Waals surface area contributed by atoms with Gasteiger partial charge in [-0.25, -0.2) is 13.8 Å². The Bertz CT molecular complexity index is 935. The van der Waals surface area contributed by atoms with Gasteiger partial charge in [-0.2, -0.15) is 0 Å². The number of aromatic nitrogens is 2. The molecule has 0 radical (unpaired) electrons. The molecule has 5 heteroatoms. The quantitative estimate of drug-likeness (QED) is 0.702. The molecule has 2 aromatic heterocycles. The van der Waals surface area contributed by atoms with Crippen molar-refractivity contribution in [2.75, 3.05) is 0 Å². The minimum absolute atomic E-state index is 0.245. The van der Waals surface area contributed by atoms with Gasteiger partial charge >= 0.3 is 0 Å². The maximum absolute atomic E-state index is 12.9. The summed E-state index contributed by atoms with van der Waals surface area (Å²) in [5, 5.41) is 0. The molecule has 1 aliphatic heterocycles. The fraction of sp³-hybridized carbons (Fsp3) is 0.105. The summed E-state index contributed by atoms with van der Waals surface area (Å²) in [5.74, 6) is 0. The topological polar surface area (TPSA) is 38.1 Å². The molecular weight excluding hydrogens is 308 g/mol. The van der Waals surface area contributed by atoms with E-state index in [-0.39, 0.29) is 5.69 Å². The van der Waals surface area contributed by atoms with Crippen molar-refractivity contribution >= 4 is 6.21 Å². The van der Waals surface area contributed by atoms with Gasteiger partial charge in [0.1, 0.15) is 5.69 Å². The molecule has 0 aliphatic carbocycles. The van der Waals surface area contributed by atoms with Crippen LogP contribution in [0.4, 0.5) is 8.78 Å². The van der Waals surface area contributed by atoms with E-state index in [1.165, 1.54) is 11.6 Å².